The summed E-state index contributed by atoms with van der Waals surface area (Å²) in [5, 5.41) is 13.9. The van der Waals surface area contributed by atoms with Crippen LogP contribution in [-0.2, 0) is 0 Å². The summed E-state index contributed by atoms with van der Waals surface area (Å²) in [6.07, 6.45) is 0. The molecule has 0 N–H and O–H groups in total. The molecule has 0 saturated carbocycles. The molecule has 0 aliphatic carbocycles. The van der Waals surface area contributed by atoms with E-state index in [0.29, 0.717) is 0 Å². The highest BCUT2D eigenvalue weighted by Crippen LogP contribution is 2.26. The fraction of sp³-hybridized carbons (Fsp3) is 0. The summed E-state index contributed by atoms with van der Waals surface area (Å²) in [7, 11) is 0. The Hall–Kier alpha value is -0.610. The Morgan fingerprint density at radius 1 is 1.89 bits per heavy atom. The Balaban J connectivity index is 3.08. The Kier molecular flexibility index (Phi) is 1.68. The lowest BCUT2D eigenvalue weighted by Crippen LogP contribution is -1.83. The van der Waals surface area contributed by atoms with Gasteiger partial charge in [0.15, 0.2) is 0 Å². The third-order valence-corrected chi connectivity index (χ3v) is 1.80. The van der Waals surface area contributed by atoms with Crippen LogP contribution >= 0.6 is 22.9 Å². The molecule has 0 bridgehead atoms. The molecule has 9 heavy (non-hydrogen) atoms. The predicted molar refractivity (Wildman–Crippen MR) is 34.8 cm³/mol. The first kappa shape index (κ1) is 6.51. The van der Waals surface area contributed by atoms with Gasteiger partial charge in [-0.2, -0.15) is 0 Å². The second kappa shape index (κ2) is 2.33. The van der Waals surface area contributed by atoms with E-state index in [9.17, 15) is 10.1 Å². The van der Waals surface area contributed by atoms with Crippen LogP contribution < -0.4 is 0 Å². The van der Waals surface area contributed by atoms with Crippen molar-refractivity contribution in [2.45, 2.75) is 0 Å². The summed E-state index contributed by atoms with van der Waals surface area (Å²) in [5.41, 5.74) is -0.0679. The molecule has 3 nitrogen and oxygen atoms in total. The van der Waals surface area contributed by atoms with E-state index in [4.69, 9.17) is 11.6 Å². The molecule has 1 heterocycles. The van der Waals surface area contributed by atoms with Gasteiger partial charge in [-0.15, -0.1) is 11.3 Å². The topological polar surface area (TPSA) is 43.1 Å². The van der Waals surface area contributed by atoms with E-state index in [1.165, 1.54) is 5.38 Å². The summed E-state index contributed by atoms with van der Waals surface area (Å²) in [5.74, 6) is 0. The number of hydrogen-bond donors (Lipinski definition) is 0. The smallest absolute Gasteiger partial charge is 0.258 e. The Morgan fingerprint density at radius 2 is 2.56 bits per heavy atom. The maximum Gasteiger partial charge on any atom is 0.299 e. The molecule has 5 heteroatoms. The minimum atomic E-state index is -0.532. The molecule has 47 valence electrons. The number of nitro groups is 1. The second-order valence-corrected chi connectivity index (χ2v) is 2.35. The van der Waals surface area contributed by atoms with Crippen molar-refractivity contribution in [3.63, 3.8) is 0 Å². The molecule has 1 aromatic rings. The molecular formula is C4HClNO2S. The van der Waals surface area contributed by atoms with Gasteiger partial charge >= 0.3 is 0 Å². The van der Waals surface area contributed by atoms with Crippen molar-refractivity contribution in [2.75, 3.05) is 0 Å². The van der Waals surface area contributed by atoms with Crippen molar-refractivity contribution >= 4 is 28.6 Å². The zero-order chi connectivity index (χ0) is 6.85. The highest BCUT2D eigenvalue weighted by molar-refractivity contribution is 7.08. The van der Waals surface area contributed by atoms with Crippen LogP contribution in [-0.4, -0.2) is 4.92 Å². The van der Waals surface area contributed by atoms with Crippen LogP contribution in [0.5, 0.6) is 0 Å². The standard InChI is InChI=1S/C4HClNO2S/c5-3-1-9-2-4(3)6(7)8/h2H. The molecule has 1 aromatic heterocycles. The average Bonchev–Trinajstić information content (AvgIpc) is 2.13. The van der Waals surface area contributed by atoms with Crippen LogP contribution in [0, 0.1) is 15.5 Å². The van der Waals surface area contributed by atoms with Gasteiger partial charge in [0.25, 0.3) is 5.69 Å². The van der Waals surface area contributed by atoms with E-state index < -0.39 is 4.92 Å². The molecule has 0 amide bonds. The summed E-state index contributed by atoms with van der Waals surface area (Å²) < 4.78 is 0. The average molecular weight is 163 g/mol. The van der Waals surface area contributed by atoms with Crippen molar-refractivity contribution in [3.05, 3.63) is 25.9 Å². The van der Waals surface area contributed by atoms with E-state index >= 15 is 0 Å². The SMILES string of the molecule is O=[N+]([O-])c1cs[c]c1Cl. The molecule has 0 aliphatic rings. The van der Waals surface area contributed by atoms with Crippen LogP contribution in [0.2, 0.25) is 5.02 Å². The van der Waals surface area contributed by atoms with Crippen LogP contribution in [0.25, 0.3) is 0 Å². The van der Waals surface area contributed by atoms with Gasteiger partial charge in [0, 0.05) is 0 Å². The number of hydrogen-bond acceptors (Lipinski definition) is 3. The highest BCUT2D eigenvalue weighted by Gasteiger charge is 2.11. The van der Waals surface area contributed by atoms with Crippen LogP contribution in [0.4, 0.5) is 5.69 Å². The van der Waals surface area contributed by atoms with Gasteiger partial charge in [-0.3, -0.25) is 10.1 Å². The molecule has 0 aromatic carbocycles. The first-order valence-electron chi connectivity index (χ1n) is 2.01. The molecule has 1 radical (unpaired) electrons. The first-order chi connectivity index (χ1) is 4.22. The summed E-state index contributed by atoms with van der Waals surface area (Å²) >= 11 is 6.44. The van der Waals surface area contributed by atoms with Crippen molar-refractivity contribution in [1.29, 1.82) is 0 Å². The molecule has 0 unspecified atom stereocenters. The minimum Gasteiger partial charge on any atom is -0.258 e. The zero-order valence-electron chi connectivity index (χ0n) is 4.13. The molecular weight excluding hydrogens is 162 g/mol. The van der Waals surface area contributed by atoms with E-state index in [2.05, 4.69) is 5.38 Å². The number of nitrogens with zero attached hydrogens (tertiary/aromatic N) is 1. The Labute approximate surface area is 60.0 Å². The third kappa shape index (κ3) is 1.20. The lowest BCUT2D eigenvalue weighted by atomic mass is 10.6. The lowest BCUT2D eigenvalue weighted by Gasteiger charge is -1.81. The zero-order valence-corrected chi connectivity index (χ0v) is 5.70. The van der Waals surface area contributed by atoms with Gasteiger partial charge in [-0.05, 0) is 0 Å². The van der Waals surface area contributed by atoms with Crippen molar-refractivity contribution in [2.24, 2.45) is 0 Å². The predicted octanol–water partition coefficient (Wildman–Crippen LogP) is 2.11. The quantitative estimate of drug-likeness (QED) is 0.469. The molecule has 0 fully saturated rings. The molecule has 0 spiro atoms. The van der Waals surface area contributed by atoms with Gasteiger partial charge in [0.05, 0.1) is 15.7 Å². The minimum absolute atomic E-state index is 0.0679. The summed E-state index contributed by atoms with van der Waals surface area (Å²) in [6.45, 7) is 0. The van der Waals surface area contributed by atoms with Crippen LogP contribution in [0.1, 0.15) is 0 Å². The van der Waals surface area contributed by atoms with Gasteiger partial charge in [0.2, 0.25) is 0 Å². The monoisotopic (exact) mass is 162 g/mol. The normalized spacial score (nSPS) is 9.44. The second-order valence-electron chi connectivity index (χ2n) is 1.29. The van der Waals surface area contributed by atoms with Crippen molar-refractivity contribution in [3.8, 4) is 0 Å². The number of rotatable bonds is 1. The largest absolute Gasteiger partial charge is 0.299 e. The van der Waals surface area contributed by atoms with Gasteiger partial charge < -0.3 is 0 Å². The third-order valence-electron chi connectivity index (χ3n) is 0.741. The fourth-order valence-electron chi connectivity index (χ4n) is 0.364. The van der Waals surface area contributed by atoms with Crippen LogP contribution in [0.3, 0.4) is 0 Å². The maximum atomic E-state index is 9.99. The molecule has 1 rings (SSSR count). The molecule has 0 atom stereocenters. The summed E-state index contributed by atoms with van der Waals surface area (Å²) in [6, 6.07) is 0. The van der Waals surface area contributed by atoms with E-state index in [1.807, 2.05) is 0 Å². The van der Waals surface area contributed by atoms with E-state index in [0.717, 1.165) is 11.3 Å². The Morgan fingerprint density at radius 3 is 2.78 bits per heavy atom. The summed E-state index contributed by atoms with van der Waals surface area (Å²) in [4.78, 5) is 9.46. The van der Waals surface area contributed by atoms with Crippen molar-refractivity contribution < 1.29 is 4.92 Å². The lowest BCUT2D eigenvalue weighted by molar-refractivity contribution is -0.384. The van der Waals surface area contributed by atoms with E-state index in [1.54, 1.807) is 0 Å². The van der Waals surface area contributed by atoms with Gasteiger partial charge in [0.1, 0.15) is 5.02 Å². The first-order valence-corrected chi connectivity index (χ1v) is 3.26. The van der Waals surface area contributed by atoms with Crippen LogP contribution in [0.15, 0.2) is 5.38 Å². The molecule has 0 aliphatic heterocycles. The number of thiophene rings is 1. The van der Waals surface area contributed by atoms with Gasteiger partial charge in [-0.1, -0.05) is 11.6 Å². The van der Waals surface area contributed by atoms with E-state index in [-0.39, 0.29) is 10.7 Å². The maximum absolute atomic E-state index is 9.99. The Bertz CT molecular complexity index is 234. The fourth-order valence-corrected chi connectivity index (χ4v) is 1.27. The van der Waals surface area contributed by atoms with Gasteiger partial charge in [-0.25, -0.2) is 0 Å². The number of halogens is 1. The van der Waals surface area contributed by atoms with Crippen molar-refractivity contribution in [1.82, 2.24) is 0 Å². The molecule has 0 saturated heterocycles. The highest BCUT2D eigenvalue weighted by atomic mass is 35.5.